The first-order valence-electron chi connectivity index (χ1n) is 3.41. The zero-order valence-electron chi connectivity index (χ0n) is 5.49. The van der Waals surface area contributed by atoms with Crippen molar-refractivity contribution in [1.82, 2.24) is 0 Å². The largest absolute Gasteiger partial charge is 0.356 e. The monoisotopic (exact) mass is 161 g/mol. The second-order valence-electron chi connectivity index (χ2n) is 2.76. The molecule has 3 nitrogen and oxygen atoms in total. The Kier molecular flexibility index (Phi) is 1.29. The number of rotatable bonds is 2. The average molecular weight is 161 g/mol. The van der Waals surface area contributed by atoms with Crippen molar-refractivity contribution in [3.8, 4) is 0 Å². The van der Waals surface area contributed by atoms with E-state index in [2.05, 4.69) is 0 Å². The van der Waals surface area contributed by atoms with Crippen LogP contribution in [0.3, 0.4) is 0 Å². The molecule has 0 amide bonds. The van der Waals surface area contributed by atoms with Gasteiger partial charge in [0.05, 0.1) is 11.9 Å². The molecule has 0 N–H and O–H groups in total. The molecular formula is C6H9O3S. The van der Waals surface area contributed by atoms with E-state index in [1.54, 1.807) is 6.61 Å². The Morgan fingerprint density at radius 3 is 2.30 bits per heavy atom. The molecule has 0 aromatic heterocycles. The van der Waals surface area contributed by atoms with E-state index in [0.29, 0.717) is 6.42 Å². The molecule has 4 heteroatoms. The van der Waals surface area contributed by atoms with E-state index in [4.69, 9.17) is 4.74 Å². The van der Waals surface area contributed by atoms with Crippen molar-refractivity contribution in [1.29, 1.82) is 0 Å². The minimum atomic E-state index is -2.88. The third-order valence-corrected chi connectivity index (χ3v) is 4.33. The fraction of sp³-hybridized carbons (Fsp3) is 0.833. The molecule has 0 spiro atoms. The summed E-state index contributed by atoms with van der Waals surface area (Å²) in [6, 6.07) is 0. The molecule has 10 heavy (non-hydrogen) atoms. The number of hydrogen-bond donors (Lipinski definition) is 0. The smallest absolute Gasteiger partial charge is 0.180 e. The van der Waals surface area contributed by atoms with Crippen LogP contribution in [0.5, 0.6) is 0 Å². The van der Waals surface area contributed by atoms with Gasteiger partial charge in [-0.25, -0.2) is 8.42 Å². The predicted octanol–water partition coefficient (Wildman–Crippen LogP) is 0.472. The van der Waals surface area contributed by atoms with Crippen molar-refractivity contribution in [2.75, 3.05) is 0 Å². The minimum Gasteiger partial charge on any atom is -0.356 e. The first-order valence-corrected chi connectivity index (χ1v) is 5.02. The van der Waals surface area contributed by atoms with Crippen LogP contribution in [0.4, 0.5) is 0 Å². The van der Waals surface area contributed by atoms with Gasteiger partial charge in [-0.15, -0.1) is 0 Å². The summed E-state index contributed by atoms with van der Waals surface area (Å²) in [5.41, 5.74) is -0.500. The van der Waals surface area contributed by atoms with Crippen molar-refractivity contribution in [2.24, 2.45) is 0 Å². The Morgan fingerprint density at radius 2 is 2.00 bits per heavy atom. The highest BCUT2D eigenvalue weighted by Crippen LogP contribution is 2.36. The Hall–Kier alpha value is -0.0900. The van der Waals surface area contributed by atoms with Crippen LogP contribution in [0, 0.1) is 6.61 Å². The molecule has 1 aliphatic carbocycles. The van der Waals surface area contributed by atoms with Crippen LogP contribution in [0.2, 0.25) is 0 Å². The first kappa shape index (κ1) is 6.61. The van der Waals surface area contributed by atoms with E-state index >= 15 is 0 Å². The van der Waals surface area contributed by atoms with Crippen molar-refractivity contribution >= 4 is 9.84 Å². The molecule has 2 aliphatic rings. The molecule has 2 fully saturated rings. The van der Waals surface area contributed by atoms with Gasteiger partial charge in [0.1, 0.15) is 0 Å². The Balaban J connectivity index is 2.12. The SMILES string of the molecule is O=S(=O)(C1CC1)C1C[CH]O1. The molecule has 2 rings (SSSR count). The molecule has 0 aromatic carbocycles. The Labute approximate surface area is 60.3 Å². The van der Waals surface area contributed by atoms with Gasteiger partial charge in [-0.05, 0) is 12.8 Å². The maximum atomic E-state index is 11.2. The lowest BCUT2D eigenvalue weighted by Gasteiger charge is -2.25. The van der Waals surface area contributed by atoms with E-state index in [-0.39, 0.29) is 5.25 Å². The zero-order chi connectivity index (χ0) is 7.19. The van der Waals surface area contributed by atoms with E-state index in [9.17, 15) is 8.42 Å². The average Bonchev–Trinajstić information content (AvgIpc) is 2.32. The van der Waals surface area contributed by atoms with Crippen molar-refractivity contribution in [3.05, 3.63) is 6.61 Å². The molecule has 1 heterocycles. The van der Waals surface area contributed by atoms with Gasteiger partial charge in [0.15, 0.2) is 15.3 Å². The second kappa shape index (κ2) is 1.95. The number of ether oxygens (including phenoxy) is 1. The molecule has 1 saturated heterocycles. The predicted molar refractivity (Wildman–Crippen MR) is 35.7 cm³/mol. The molecule has 1 radical (unpaired) electrons. The fourth-order valence-corrected chi connectivity index (χ4v) is 2.80. The van der Waals surface area contributed by atoms with Crippen molar-refractivity contribution in [3.63, 3.8) is 0 Å². The standard InChI is InChI=1S/C6H9O3S/c7-10(8,5-1-2-5)6-3-4-9-6/h4-6H,1-3H2. The molecule has 0 aromatic rings. The lowest BCUT2D eigenvalue weighted by atomic mass is 10.4. The maximum absolute atomic E-state index is 11.2. The van der Waals surface area contributed by atoms with Gasteiger partial charge in [0.25, 0.3) is 0 Å². The third kappa shape index (κ3) is 0.864. The van der Waals surface area contributed by atoms with Gasteiger partial charge >= 0.3 is 0 Å². The van der Waals surface area contributed by atoms with E-state index < -0.39 is 15.3 Å². The fourth-order valence-electron chi connectivity index (χ4n) is 0.998. The highest BCUT2D eigenvalue weighted by molar-refractivity contribution is 7.92. The molecule has 1 atom stereocenters. The third-order valence-electron chi connectivity index (χ3n) is 1.89. The van der Waals surface area contributed by atoms with E-state index in [1.165, 1.54) is 0 Å². The topological polar surface area (TPSA) is 43.4 Å². The first-order chi connectivity index (χ1) is 4.71. The molecule has 0 bridgehead atoms. The normalized spacial score (nSPS) is 33.4. The van der Waals surface area contributed by atoms with Gasteiger partial charge in [-0.3, -0.25) is 0 Å². The van der Waals surface area contributed by atoms with Gasteiger partial charge in [-0.1, -0.05) is 0 Å². The summed E-state index contributed by atoms with van der Waals surface area (Å²) < 4.78 is 27.2. The van der Waals surface area contributed by atoms with Crippen LogP contribution in [0.15, 0.2) is 0 Å². The molecule has 1 saturated carbocycles. The highest BCUT2D eigenvalue weighted by Gasteiger charge is 2.44. The summed E-state index contributed by atoms with van der Waals surface area (Å²) in [5.74, 6) is 0. The Bertz CT molecular complexity index is 223. The van der Waals surface area contributed by atoms with Crippen LogP contribution < -0.4 is 0 Å². The molecular weight excluding hydrogens is 152 g/mol. The summed E-state index contributed by atoms with van der Waals surface area (Å²) >= 11 is 0. The summed E-state index contributed by atoms with van der Waals surface area (Å²) in [5, 5.41) is -0.0776. The minimum absolute atomic E-state index is 0.0776. The summed E-state index contributed by atoms with van der Waals surface area (Å²) in [6.45, 7) is 1.55. The van der Waals surface area contributed by atoms with Gasteiger partial charge in [0, 0.05) is 6.42 Å². The summed E-state index contributed by atoms with van der Waals surface area (Å²) in [6.07, 6.45) is 2.25. The van der Waals surface area contributed by atoms with E-state index in [1.807, 2.05) is 0 Å². The molecule has 57 valence electrons. The lowest BCUT2D eigenvalue weighted by Crippen LogP contribution is -2.34. The molecule has 1 unspecified atom stereocenters. The van der Waals surface area contributed by atoms with Crippen LogP contribution in [0.1, 0.15) is 19.3 Å². The Morgan fingerprint density at radius 1 is 1.40 bits per heavy atom. The quantitative estimate of drug-likeness (QED) is 0.591. The summed E-state index contributed by atoms with van der Waals surface area (Å²) in [7, 11) is -2.88. The van der Waals surface area contributed by atoms with Crippen LogP contribution in [0.25, 0.3) is 0 Å². The summed E-state index contributed by atoms with van der Waals surface area (Å²) in [4.78, 5) is 0. The van der Waals surface area contributed by atoms with Gasteiger partial charge in [0.2, 0.25) is 0 Å². The zero-order valence-corrected chi connectivity index (χ0v) is 6.30. The van der Waals surface area contributed by atoms with Crippen LogP contribution in [-0.2, 0) is 14.6 Å². The maximum Gasteiger partial charge on any atom is 0.180 e. The van der Waals surface area contributed by atoms with E-state index in [0.717, 1.165) is 12.8 Å². The highest BCUT2D eigenvalue weighted by atomic mass is 32.2. The number of sulfone groups is 1. The van der Waals surface area contributed by atoms with Crippen LogP contribution in [-0.4, -0.2) is 19.1 Å². The lowest BCUT2D eigenvalue weighted by molar-refractivity contribution is 0.0675. The second-order valence-corrected chi connectivity index (χ2v) is 5.13. The van der Waals surface area contributed by atoms with Crippen molar-refractivity contribution in [2.45, 2.75) is 29.9 Å². The van der Waals surface area contributed by atoms with Crippen LogP contribution >= 0.6 is 0 Å². The van der Waals surface area contributed by atoms with Crippen molar-refractivity contribution < 1.29 is 13.2 Å². The van der Waals surface area contributed by atoms with Gasteiger partial charge < -0.3 is 4.74 Å². The molecule has 1 aliphatic heterocycles. The number of hydrogen-bond acceptors (Lipinski definition) is 3. The van der Waals surface area contributed by atoms with Gasteiger partial charge in [-0.2, -0.15) is 0 Å².